The molecule has 2 aromatic heterocycles. The molecule has 5 rings (SSSR count). The van der Waals surface area contributed by atoms with Crippen LogP contribution < -0.4 is 0 Å². The first-order valence-corrected chi connectivity index (χ1v) is 10.2. The summed E-state index contributed by atoms with van der Waals surface area (Å²) in [7, 11) is 0. The maximum absolute atomic E-state index is 13.4. The lowest BCUT2D eigenvalue weighted by Gasteiger charge is -2.34. The van der Waals surface area contributed by atoms with Gasteiger partial charge in [-0.2, -0.15) is 5.10 Å². The number of piperidine rings is 1. The Balaban J connectivity index is 1.54. The fraction of sp³-hybridized carbons (Fsp3) is 0.250. The Morgan fingerprint density at radius 1 is 1.24 bits per heavy atom. The number of amides is 1. The van der Waals surface area contributed by atoms with E-state index in [4.69, 9.17) is 4.98 Å². The first kappa shape index (κ1) is 17.7. The predicted octanol–water partition coefficient (Wildman–Crippen LogP) is 4.45. The number of H-pyrrole nitrogens is 1. The molecule has 146 valence electrons. The van der Waals surface area contributed by atoms with Crippen LogP contribution >= 0.6 is 11.3 Å². The Kier molecular flexibility index (Phi) is 4.24. The molecular formula is C20H17N5O3S. The number of nitro benzene ring substituents is 1. The highest BCUT2D eigenvalue weighted by molar-refractivity contribution is 7.18. The molecule has 29 heavy (non-hydrogen) atoms. The van der Waals surface area contributed by atoms with E-state index in [-0.39, 0.29) is 23.3 Å². The summed E-state index contributed by atoms with van der Waals surface area (Å²) in [6, 6.07) is 12.2. The summed E-state index contributed by atoms with van der Waals surface area (Å²) in [6.45, 7) is 0.614. The second-order valence-corrected chi connectivity index (χ2v) is 8.15. The minimum Gasteiger partial charge on any atom is -0.328 e. The molecule has 1 aliphatic rings. The highest BCUT2D eigenvalue weighted by Crippen LogP contribution is 2.37. The van der Waals surface area contributed by atoms with E-state index in [0.717, 1.165) is 34.5 Å². The third-order valence-corrected chi connectivity index (χ3v) is 6.46. The van der Waals surface area contributed by atoms with E-state index in [0.29, 0.717) is 17.4 Å². The van der Waals surface area contributed by atoms with Gasteiger partial charge in [0.1, 0.15) is 5.01 Å². The van der Waals surface area contributed by atoms with Crippen LogP contribution in [-0.2, 0) is 0 Å². The largest absolute Gasteiger partial charge is 0.328 e. The number of likely N-dealkylation sites (tertiary alicyclic amines) is 1. The Morgan fingerprint density at radius 2 is 2.10 bits per heavy atom. The van der Waals surface area contributed by atoms with E-state index in [9.17, 15) is 14.9 Å². The van der Waals surface area contributed by atoms with Crippen LogP contribution in [0.3, 0.4) is 0 Å². The number of aromatic nitrogens is 3. The molecule has 8 nitrogen and oxygen atoms in total. The van der Waals surface area contributed by atoms with Crippen molar-refractivity contribution in [3.63, 3.8) is 0 Å². The highest BCUT2D eigenvalue weighted by atomic mass is 32.1. The second kappa shape index (κ2) is 6.93. The average Bonchev–Trinajstić information content (AvgIpc) is 3.36. The van der Waals surface area contributed by atoms with Gasteiger partial charge in [0, 0.05) is 24.1 Å². The zero-order valence-corrected chi connectivity index (χ0v) is 16.2. The number of benzene rings is 2. The molecular weight excluding hydrogens is 390 g/mol. The van der Waals surface area contributed by atoms with Crippen LogP contribution in [0.25, 0.3) is 21.1 Å². The summed E-state index contributed by atoms with van der Waals surface area (Å²) in [5.74, 6) is -0.222. The number of carbonyl (C=O) groups is 1. The van der Waals surface area contributed by atoms with Crippen LogP contribution in [-0.4, -0.2) is 37.5 Å². The molecule has 0 radical (unpaired) electrons. The smallest absolute Gasteiger partial charge is 0.275 e. The number of para-hydroxylation sites is 1. The molecule has 1 saturated heterocycles. The summed E-state index contributed by atoms with van der Waals surface area (Å²) in [6.07, 6.45) is 2.78. The van der Waals surface area contributed by atoms with Gasteiger partial charge in [0.15, 0.2) is 5.69 Å². The number of hydrogen-bond acceptors (Lipinski definition) is 6. The predicted molar refractivity (Wildman–Crippen MR) is 110 cm³/mol. The molecule has 9 heteroatoms. The Labute approximate surface area is 169 Å². The van der Waals surface area contributed by atoms with Gasteiger partial charge in [-0.25, -0.2) is 4.98 Å². The first-order chi connectivity index (χ1) is 14.1. The van der Waals surface area contributed by atoms with Crippen molar-refractivity contribution >= 4 is 44.1 Å². The van der Waals surface area contributed by atoms with Crippen LogP contribution in [0.15, 0.2) is 42.5 Å². The zero-order chi connectivity index (χ0) is 20.0. The summed E-state index contributed by atoms with van der Waals surface area (Å²) in [5.41, 5.74) is 1.70. The van der Waals surface area contributed by atoms with E-state index >= 15 is 0 Å². The van der Waals surface area contributed by atoms with Gasteiger partial charge in [-0.1, -0.05) is 12.1 Å². The summed E-state index contributed by atoms with van der Waals surface area (Å²) < 4.78 is 1.10. The molecule has 1 unspecified atom stereocenters. The molecule has 0 saturated carbocycles. The highest BCUT2D eigenvalue weighted by Gasteiger charge is 2.33. The lowest BCUT2D eigenvalue weighted by atomic mass is 10.0. The molecule has 0 bridgehead atoms. The van der Waals surface area contributed by atoms with Gasteiger partial charge in [0.05, 0.1) is 26.7 Å². The number of hydrogen-bond donors (Lipinski definition) is 1. The number of fused-ring (bicyclic) bond motifs is 2. The van der Waals surface area contributed by atoms with Gasteiger partial charge < -0.3 is 4.90 Å². The Hall–Kier alpha value is -3.33. The molecule has 2 aromatic carbocycles. The topological polar surface area (TPSA) is 105 Å². The maximum Gasteiger partial charge on any atom is 0.275 e. The number of rotatable bonds is 3. The fourth-order valence-corrected chi connectivity index (χ4v) is 4.99. The molecule has 1 atom stereocenters. The van der Waals surface area contributed by atoms with E-state index in [1.54, 1.807) is 17.4 Å². The maximum atomic E-state index is 13.4. The summed E-state index contributed by atoms with van der Waals surface area (Å²) in [4.78, 5) is 30.7. The molecule has 1 N–H and O–H groups in total. The standard InChI is InChI=1S/C20H17N5O3S/c26-20(18-13-11-12(25(27)28)8-9-14(13)22-23-18)24-10-4-3-6-16(24)19-21-15-5-1-2-7-17(15)29-19/h1-2,5,7-9,11,16H,3-4,6,10H2,(H,22,23). The molecule has 3 heterocycles. The molecule has 1 amide bonds. The van der Waals surface area contributed by atoms with Crippen LogP contribution in [0, 0.1) is 10.1 Å². The number of nitro groups is 1. The quantitative estimate of drug-likeness (QED) is 0.399. The average molecular weight is 407 g/mol. The van der Waals surface area contributed by atoms with Gasteiger partial charge in [-0.3, -0.25) is 20.0 Å². The van der Waals surface area contributed by atoms with Gasteiger partial charge in [0.25, 0.3) is 11.6 Å². The van der Waals surface area contributed by atoms with Crippen LogP contribution in [0.4, 0.5) is 5.69 Å². The molecule has 1 aliphatic heterocycles. The number of non-ortho nitro benzene ring substituents is 1. The first-order valence-electron chi connectivity index (χ1n) is 9.41. The lowest BCUT2D eigenvalue weighted by Crippen LogP contribution is -2.38. The van der Waals surface area contributed by atoms with E-state index in [1.165, 1.54) is 12.1 Å². The van der Waals surface area contributed by atoms with Crippen molar-refractivity contribution in [1.82, 2.24) is 20.1 Å². The minimum absolute atomic E-state index is 0.0608. The van der Waals surface area contributed by atoms with E-state index in [2.05, 4.69) is 10.2 Å². The monoisotopic (exact) mass is 407 g/mol. The number of aromatic amines is 1. The third kappa shape index (κ3) is 3.03. The molecule has 4 aromatic rings. The van der Waals surface area contributed by atoms with Crippen molar-refractivity contribution in [2.75, 3.05) is 6.54 Å². The number of nitrogens with zero attached hydrogens (tertiary/aromatic N) is 4. The molecule has 1 fully saturated rings. The summed E-state index contributed by atoms with van der Waals surface area (Å²) in [5, 5.41) is 19.5. The van der Waals surface area contributed by atoms with Gasteiger partial charge in [-0.15, -0.1) is 11.3 Å². The van der Waals surface area contributed by atoms with Crippen LogP contribution in [0.5, 0.6) is 0 Å². The normalized spacial score (nSPS) is 17.1. The van der Waals surface area contributed by atoms with Crippen molar-refractivity contribution in [3.8, 4) is 0 Å². The summed E-state index contributed by atoms with van der Waals surface area (Å²) >= 11 is 1.61. The van der Waals surface area contributed by atoms with Crippen molar-refractivity contribution in [2.24, 2.45) is 0 Å². The lowest BCUT2D eigenvalue weighted by molar-refractivity contribution is -0.384. The molecule has 0 aliphatic carbocycles. The second-order valence-electron chi connectivity index (χ2n) is 7.09. The van der Waals surface area contributed by atoms with Crippen LogP contribution in [0.1, 0.15) is 40.8 Å². The van der Waals surface area contributed by atoms with Crippen molar-refractivity contribution in [3.05, 3.63) is 63.3 Å². The van der Waals surface area contributed by atoms with Crippen molar-refractivity contribution in [2.45, 2.75) is 25.3 Å². The Bertz CT molecular complexity index is 1210. The van der Waals surface area contributed by atoms with Crippen molar-refractivity contribution < 1.29 is 9.72 Å². The fourth-order valence-electron chi connectivity index (χ4n) is 3.88. The minimum atomic E-state index is -0.467. The third-order valence-electron chi connectivity index (χ3n) is 5.32. The SMILES string of the molecule is O=C(c1n[nH]c2ccc([N+](=O)[O-])cc12)N1CCCCC1c1nc2ccccc2s1. The van der Waals surface area contributed by atoms with E-state index < -0.39 is 4.92 Å². The molecule has 0 spiro atoms. The van der Waals surface area contributed by atoms with Crippen LogP contribution in [0.2, 0.25) is 0 Å². The van der Waals surface area contributed by atoms with Gasteiger partial charge >= 0.3 is 0 Å². The van der Waals surface area contributed by atoms with Gasteiger partial charge in [0.2, 0.25) is 0 Å². The Morgan fingerprint density at radius 3 is 2.93 bits per heavy atom. The number of thiazole rings is 1. The number of nitrogens with one attached hydrogen (secondary N) is 1. The van der Waals surface area contributed by atoms with Gasteiger partial charge in [-0.05, 0) is 37.5 Å². The zero-order valence-electron chi connectivity index (χ0n) is 15.4. The number of carbonyl (C=O) groups excluding carboxylic acids is 1. The van der Waals surface area contributed by atoms with E-state index in [1.807, 2.05) is 29.2 Å². The van der Waals surface area contributed by atoms with Crippen molar-refractivity contribution in [1.29, 1.82) is 0 Å².